The van der Waals surface area contributed by atoms with E-state index in [2.05, 4.69) is 22.9 Å². The molecule has 0 radical (unpaired) electrons. The highest BCUT2D eigenvalue weighted by atomic mass is 79.9. The third-order valence-electron chi connectivity index (χ3n) is 2.52. The number of ether oxygens (including phenoxy) is 2. The van der Waals surface area contributed by atoms with E-state index in [1.165, 1.54) is 0 Å². The second kappa shape index (κ2) is 4.55. The van der Waals surface area contributed by atoms with Gasteiger partial charge in [0, 0.05) is 15.5 Å². The van der Waals surface area contributed by atoms with Crippen LogP contribution in [-0.2, 0) is 4.74 Å². The number of hydrogen-bond donors (Lipinski definition) is 0. The number of halogens is 1. The van der Waals surface area contributed by atoms with E-state index in [0.29, 0.717) is 17.9 Å². The number of carbonyl (C=O) groups is 1. The number of benzene rings is 1. The summed E-state index contributed by atoms with van der Waals surface area (Å²) in [5.74, 6) is 0.713. The lowest BCUT2D eigenvalue weighted by Gasteiger charge is -2.37. The van der Waals surface area contributed by atoms with Gasteiger partial charge in [0.25, 0.3) is 0 Å². The summed E-state index contributed by atoms with van der Waals surface area (Å²) in [6.45, 7) is 4.21. The second-order valence-electron chi connectivity index (χ2n) is 4.43. The molecule has 2 rings (SSSR count). The molecule has 0 aliphatic carbocycles. The molecule has 0 amide bonds. The van der Waals surface area contributed by atoms with Crippen molar-refractivity contribution in [3.8, 4) is 5.75 Å². The van der Waals surface area contributed by atoms with Crippen LogP contribution in [0.5, 0.6) is 5.75 Å². The van der Waals surface area contributed by atoms with E-state index < -0.39 is 0 Å². The van der Waals surface area contributed by atoms with Gasteiger partial charge < -0.3 is 9.47 Å². The summed E-state index contributed by atoms with van der Waals surface area (Å²) in [5.41, 5.74) is 0.725. The van der Waals surface area contributed by atoms with Crippen LogP contribution >= 0.6 is 15.9 Å². The summed E-state index contributed by atoms with van der Waals surface area (Å²) in [6, 6.07) is 5.35. The summed E-state index contributed by atoms with van der Waals surface area (Å²) in [5, 5.41) is 0. The summed E-state index contributed by atoms with van der Waals surface area (Å²) in [7, 11) is 0. The standard InChI is InChI=1S/C12H13BrO3/c1-12(6-15-7-12)8-16-11-3-9(5-14)2-10(13)4-11/h2-5H,6-8H2,1H3. The van der Waals surface area contributed by atoms with Crippen molar-refractivity contribution in [3.63, 3.8) is 0 Å². The van der Waals surface area contributed by atoms with E-state index in [1.807, 2.05) is 6.07 Å². The van der Waals surface area contributed by atoms with Gasteiger partial charge in [-0.2, -0.15) is 0 Å². The van der Waals surface area contributed by atoms with E-state index >= 15 is 0 Å². The van der Waals surface area contributed by atoms with Crippen molar-refractivity contribution in [2.45, 2.75) is 6.92 Å². The molecule has 1 aromatic rings. The first-order valence-corrected chi connectivity index (χ1v) is 5.87. The fourth-order valence-corrected chi connectivity index (χ4v) is 2.02. The summed E-state index contributed by atoms with van der Waals surface area (Å²) >= 11 is 3.34. The van der Waals surface area contributed by atoms with Gasteiger partial charge in [-0.25, -0.2) is 0 Å². The first-order valence-electron chi connectivity index (χ1n) is 5.08. The molecule has 4 heteroatoms. The van der Waals surface area contributed by atoms with Crippen molar-refractivity contribution in [2.24, 2.45) is 5.41 Å². The van der Waals surface area contributed by atoms with Crippen LogP contribution < -0.4 is 4.74 Å². The molecule has 1 aliphatic heterocycles. The lowest BCUT2D eigenvalue weighted by atomic mass is 9.90. The molecule has 1 aliphatic rings. The van der Waals surface area contributed by atoms with Gasteiger partial charge in [-0.15, -0.1) is 0 Å². The predicted octanol–water partition coefficient (Wildman–Crippen LogP) is 2.68. The zero-order chi connectivity index (χ0) is 11.6. The molecule has 0 N–H and O–H groups in total. The monoisotopic (exact) mass is 284 g/mol. The SMILES string of the molecule is CC1(COc2cc(Br)cc(C=O)c2)COC1. The van der Waals surface area contributed by atoms with Gasteiger partial charge in [-0.05, 0) is 18.2 Å². The maximum Gasteiger partial charge on any atom is 0.150 e. The van der Waals surface area contributed by atoms with Crippen LogP contribution in [0.1, 0.15) is 17.3 Å². The number of aldehydes is 1. The Hall–Kier alpha value is -0.870. The van der Waals surface area contributed by atoms with Crippen molar-refractivity contribution in [2.75, 3.05) is 19.8 Å². The normalized spacial score (nSPS) is 17.6. The van der Waals surface area contributed by atoms with Crippen molar-refractivity contribution < 1.29 is 14.3 Å². The van der Waals surface area contributed by atoms with Gasteiger partial charge >= 0.3 is 0 Å². The summed E-state index contributed by atoms with van der Waals surface area (Å²) in [4.78, 5) is 10.7. The van der Waals surface area contributed by atoms with Crippen LogP contribution in [-0.4, -0.2) is 26.1 Å². The zero-order valence-corrected chi connectivity index (χ0v) is 10.6. The van der Waals surface area contributed by atoms with Crippen molar-refractivity contribution in [1.29, 1.82) is 0 Å². The molecule has 0 unspecified atom stereocenters. The van der Waals surface area contributed by atoms with Crippen molar-refractivity contribution >= 4 is 22.2 Å². The molecule has 1 saturated heterocycles. The average molecular weight is 285 g/mol. The van der Waals surface area contributed by atoms with Gasteiger partial charge in [-0.3, -0.25) is 4.79 Å². The lowest BCUT2D eigenvalue weighted by molar-refractivity contribution is -0.120. The first-order chi connectivity index (χ1) is 7.61. The maximum atomic E-state index is 10.7. The van der Waals surface area contributed by atoms with Crippen LogP contribution in [0.25, 0.3) is 0 Å². The van der Waals surface area contributed by atoms with Crippen LogP contribution in [0.15, 0.2) is 22.7 Å². The molecule has 1 fully saturated rings. The summed E-state index contributed by atoms with van der Waals surface area (Å²) < 4.78 is 11.7. The molecule has 3 nitrogen and oxygen atoms in total. The topological polar surface area (TPSA) is 35.5 Å². The van der Waals surface area contributed by atoms with Gasteiger partial charge in [0.2, 0.25) is 0 Å². The zero-order valence-electron chi connectivity index (χ0n) is 9.03. The highest BCUT2D eigenvalue weighted by molar-refractivity contribution is 9.10. The lowest BCUT2D eigenvalue weighted by Crippen LogP contribution is -2.44. The Balaban J connectivity index is 2.03. The Morgan fingerprint density at radius 2 is 2.25 bits per heavy atom. The van der Waals surface area contributed by atoms with Gasteiger partial charge in [0.15, 0.2) is 0 Å². The summed E-state index contributed by atoms with van der Waals surface area (Å²) in [6.07, 6.45) is 0.811. The fraction of sp³-hybridized carbons (Fsp3) is 0.417. The van der Waals surface area contributed by atoms with E-state index in [0.717, 1.165) is 24.0 Å². The minimum atomic E-state index is 0.115. The van der Waals surface area contributed by atoms with Crippen LogP contribution in [0, 0.1) is 5.41 Å². The number of rotatable bonds is 4. The molecule has 1 heterocycles. The molecule has 0 atom stereocenters. The van der Waals surface area contributed by atoms with E-state index in [-0.39, 0.29) is 5.41 Å². The quantitative estimate of drug-likeness (QED) is 0.798. The van der Waals surface area contributed by atoms with E-state index in [1.54, 1.807) is 12.1 Å². The van der Waals surface area contributed by atoms with Crippen LogP contribution in [0.2, 0.25) is 0 Å². The van der Waals surface area contributed by atoms with E-state index in [9.17, 15) is 4.79 Å². The van der Waals surface area contributed by atoms with Gasteiger partial charge in [0.05, 0.1) is 19.8 Å². The molecule has 16 heavy (non-hydrogen) atoms. The van der Waals surface area contributed by atoms with Gasteiger partial charge in [-0.1, -0.05) is 22.9 Å². The second-order valence-corrected chi connectivity index (χ2v) is 5.35. The predicted molar refractivity (Wildman–Crippen MR) is 64.0 cm³/mol. The molecule has 0 spiro atoms. The van der Waals surface area contributed by atoms with Crippen molar-refractivity contribution in [3.05, 3.63) is 28.2 Å². The smallest absolute Gasteiger partial charge is 0.150 e. The van der Waals surface area contributed by atoms with Crippen LogP contribution in [0.3, 0.4) is 0 Å². The Morgan fingerprint density at radius 1 is 1.50 bits per heavy atom. The Bertz CT molecular complexity index is 399. The molecule has 0 bridgehead atoms. The Labute approximate surface area is 103 Å². The Morgan fingerprint density at radius 3 is 2.81 bits per heavy atom. The molecular formula is C12H13BrO3. The Kier molecular flexibility index (Phi) is 3.30. The number of carbonyl (C=O) groups excluding carboxylic acids is 1. The molecule has 0 saturated carbocycles. The molecular weight excluding hydrogens is 272 g/mol. The largest absolute Gasteiger partial charge is 0.493 e. The molecule has 86 valence electrons. The first kappa shape index (κ1) is 11.6. The minimum Gasteiger partial charge on any atom is -0.493 e. The average Bonchev–Trinajstić information content (AvgIpc) is 2.23. The third-order valence-corrected chi connectivity index (χ3v) is 2.98. The van der Waals surface area contributed by atoms with Crippen LogP contribution in [0.4, 0.5) is 0 Å². The van der Waals surface area contributed by atoms with Gasteiger partial charge in [0.1, 0.15) is 12.0 Å². The highest BCUT2D eigenvalue weighted by Gasteiger charge is 2.34. The fourth-order valence-electron chi connectivity index (χ4n) is 1.53. The highest BCUT2D eigenvalue weighted by Crippen LogP contribution is 2.28. The minimum absolute atomic E-state index is 0.115. The number of hydrogen-bond acceptors (Lipinski definition) is 3. The molecule has 0 aromatic heterocycles. The molecule has 1 aromatic carbocycles. The maximum absolute atomic E-state index is 10.7. The van der Waals surface area contributed by atoms with E-state index in [4.69, 9.17) is 9.47 Å². The third kappa shape index (κ3) is 2.62. The van der Waals surface area contributed by atoms with Crippen molar-refractivity contribution in [1.82, 2.24) is 0 Å².